The lowest BCUT2D eigenvalue weighted by molar-refractivity contribution is -0.00475. The molecule has 3 N–H and O–H groups in total. The number of nitrogen functional groups attached to an aromatic ring is 1. The van der Waals surface area contributed by atoms with Gasteiger partial charge < -0.3 is 9.64 Å². The van der Waals surface area contributed by atoms with E-state index in [1.165, 1.54) is 4.88 Å². The summed E-state index contributed by atoms with van der Waals surface area (Å²) in [6.45, 7) is 6.04. The minimum absolute atomic E-state index is 0.128. The third-order valence-electron chi connectivity index (χ3n) is 4.08. The van der Waals surface area contributed by atoms with Crippen molar-refractivity contribution in [2.24, 2.45) is 5.84 Å². The van der Waals surface area contributed by atoms with Crippen LogP contribution in [0.4, 0.5) is 11.8 Å². The Balaban J connectivity index is 2.06. The smallest absolute Gasteiger partial charge is 0.240 e. The van der Waals surface area contributed by atoms with Gasteiger partial charge in [-0.05, 0) is 32.8 Å². The number of aromatic nitrogens is 2. The summed E-state index contributed by atoms with van der Waals surface area (Å²) in [5.41, 5.74) is 2.44. The van der Waals surface area contributed by atoms with Gasteiger partial charge in [0.2, 0.25) is 5.95 Å². The number of hydrazine groups is 1. The molecule has 0 radical (unpaired) electrons. The van der Waals surface area contributed by atoms with Gasteiger partial charge in [0.1, 0.15) is 10.6 Å². The summed E-state index contributed by atoms with van der Waals surface area (Å²) in [4.78, 5) is 13.5. The molecule has 0 bridgehead atoms. The molecule has 114 valence electrons. The summed E-state index contributed by atoms with van der Waals surface area (Å²) < 4.78 is 5.68. The van der Waals surface area contributed by atoms with Crippen LogP contribution in [0.2, 0.25) is 0 Å². The molecule has 1 atom stereocenters. The summed E-state index contributed by atoms with van der Waals surface area (Å²) in [5.74, 6) is 6.92. The Bertz CT molecular complexity index is 658. The molecule has 2 aromatic heterocycles. The maximum atomic E-state index is 5.68. The molecule has 1 aliphatic rings. The Morgan fingerprint density at radius 3 is 3.00 bits per heavy atom. The van der Waals surface area contributed by atoms with Crippen molar-refractivity contribution in [2.75, 3.05) is 30.5 Å². The van der Waals surface area contributed by atoms with Gasteiger partial charge in [0.25, 0.3) is 0 Å². The lowest BCUT2D eigenvalue weighted by Crippen LogP contribution is -2.47. The molecule has 2 aromatic rings. The first-order valence-corrected chi connectivity index (χ1v) is 7.91. The molecule has 7 heteroatoms. The van der Waals surface area contributed by atoms with Crippen molar-refractivity contribution < 1.29 is 4.74 Å². The van der Waals surface area contributed by atoms with Crippen LogP contribution in [-0.4, -0.2) is 35.8 Å². The number of ether oxygens (including phenoxy) is 1. The fourth-order valence-electron chi connectivity index (χ4n) is 2.89. The standard InChI is InChI=1S/C14H21N5OS/c1-9-7-10-11(16-13(18-15)17-12(10)21-9)19-6-4-5-14(2,8-19)20-3/h7H,4-6,8,15H2,1-3H3,(H,16,17,18). The van der Waals surface area contributed by atoms with Crippen LogP contribution in [0.15, 0.2) is 6.07 Å². The Labute approximate surface area is 128 Å². The molecular formula is C14H21N5OS. The fraction of sp³-hybridized carbons (Fsp3) is 0.571. The minimum Gasteiger partial charge on any atom is -0.377 e. The van der Waals surface area contributed by atoms with E-state index in [1.807, 2.05) is 0 Å². The summed E-state index contributed by atoms with van der Waals surface area (Å²) in [6, 6.07) is 2.15. The molecule has 21 heavy (non-hydrogen) atoms. The average molecular weight is 307 g/mol. The van der Waals surface area contributed by atoms with Crippen LogP contribution in [0, 0.1) is 6.92 Å². The van der Waals surface area contributed by atoms with Gasteiger partial charge in [0, 0.05) is 25.1 Å². The van der Waals surface area contributed by atoms with Crippen LogP contribution in [0.3, 0.4) is 0 Å². The first kappa shape index (κ1) is 14.5. The summed E-state index contributed by atoms with van der Waals surface area (Å²) in [5, 5.41) is 1.09. The zero-order valence-electron chi connectivity index (χ0n) is 12.6. The number of hydrogen-bond donors (Lipinski definition) is 2. The predicted octanol–water partition coefficient (Wildman–Crippen LogP) is 2.29. The average Bonchev–Trinajstić information content (AvgIpc) is 2.86. The lowest BCUT2D eigenvalue weighted by atomic mass is 9.94. The van der Waals surface area contributed by atoms with Crippen molar-refractivity contribution in [2.45, 2.75) is 32.3 Å². The Hall–Kier alpha value is -1.44. The molecule has 3 rings (SSSR count). The SMILES string of the molecule is COC1(C)CCCN(c2nc(NN)nc3sc(C)cc23)C1. The summed E-state index contributed by atoms with van der Waals surface area (Å²) in [6.07, 6.45) is 2.16. The monoisotopic (exact) mass is 307 g/mol. The molecule has 0 saturated carbocycles. The van der Waals surface area contributed by atoms with E-state index in [-0.39, 0.29) is 5.60 Å². The second-order valence-corrected chi connectivity index (χ2v) is 7.00. The van der Waals surface area contributed by atoms with Crippen LogP contribution < -0.4 is 16.2 Å². The van der Waals surface area contributed by atoms with Gasteiger partial charge in [-0.25, -0.2) is 10.8 Å². The molecule has 0 aliphatic carbocycles. The van der Waals surface area contributed by atoms with E-state index in [0.717, 1.165) is 42.0 Å². The number of fused-ring (bicyclic) bond motifs is 1. The van der Waals surface area contributed by atoms with Crippen LogP contribution in [0.5, 0.6) is 0 Å². The Morgan fingerprint density at radius 1 is 1.48 bits per heavy atom. The van der Waals surface area contributed by atoms with Gasteiger partial charge in [-0.2, -0.15) is 4.98 Å². The highest BCUT2D eigenvalue weighted by molar-refractivity contribution is 7.18. The molecule has 6 nitrogen and oxygen atoms in total. The molecule has 0 aromatic carbocycles. The largest absolute Gasteiger partial charge is 0.377 e. The minimum atomic E-state index is -0.128. The molecule has 1 unspecified atom stereocenters. The van der Waals surface area contributed by atoms with E-state index in [2.05, 4.69) is 40.2 Å². The number of anilines is 2. The zero-order chi connectivity index (χ0) is 15.0. The molecule has 1 saturated heterocycles. The number of thiophene rings is 1. The molecule has 3 heterocycles. The number of nitrogens with one attached hydrogen (secondary N) is 1. The van der Waals surface area contributed by atoms with Crippen molar-refractivity contribution in [1.29, 1.82) is 0 Å². The van der Waals surface area contributed by atoms with Crippen LogP contribution >= 0.6 is 11.3 Å². The molecule has 0 spiro atoms. The number of methoxy groups -OCH3 is 1. The first-order chi connectivity index (χ1) is 10.0. The number of piperidine rings is 1. The number of nitrogens with two attached hydrogens (primary N) is 1. The van der Waals surface area contributed by atoms with E-state index < -0.39 is 0 Å². The van der Waals surface area contributed by atoms with Crippen molar-refractivity contribution in [1.82, 2.24) is 9.97 Å². The van der Waals surface area contributed by atoms with Gasteiger partial charge in [0.05, 0.1) is 11.0 Å². The lowest BCUT2D eigenvalue weighted by Gasteiger charge is -2.40. The summed E-state index contributed by atoms with van der Waals surface area (Å²) >= 11 is 1.66. The van der Waals surface area contributed by atoms with E-state index >= 15 is 0 Å². The highest BCUT2D eigenvalue weighted by Gasteiger charge is 2.32. The van der Waals surface area contributed by atoms with E-state index in [1.54, 1.807) is 18.4 Å². The molecular weight excluding hydrogens is 286 g/mol. The Morgan fingerprint density at radius 2 is 2.29 bits per heavy atom. The third-order valence-corrected chi connectivity index (χ3v) is 5.02. The van der Waals surface area contributed by atoms with E-state index in [9.17, 15) is 0 Å². The van der Waals surface area contributed by atoms with Gasteiger partial charge in [-0.1, -0.05) is 0 Å². The van der Waals surface area contributed by atoms with E-state index in [4.69, 9.17) is 10.6 Å². The maximum absolute atomic E-state index is 5.68. The molecule has 1 fully saturated rings. The molecule has 0 amide bonds. The van der Waals surface area contributed by atoms with Crippen LogP contribution in [0.1, 0.15) is 24.6 Å². The number of aryl methyl sites for hydroxylation is 1. The van der Waals surface area contributed by atoms with Gasteiger partial charge in [-0.15, -0.1) is 11.3 Å². The predicted molar refractivity (Wildman–Crippen MR) is 86.8 cm³/mol. The van der Waals surface area contributed by atoms with Gasteiger partial charge in [-0.3, -0.25) is 5.43 Å². The molecule has 1 aliphatic heterocycles. The second-order valence-electron chi connectivity index (χ2n) is 5.77. The van der Waals surface area contributed by atoms with E-state index in [0.29, 0.717) is 5.95 Å². The van der Waals surface area contributed by atoms with Crippen LogP contribution in [0.25, 0.3) is 10.2 Å². The zero-order valence-corrected chi connectivity index (χ0v) is 13.5. The number of nitrogens with zero attached hydrogens (tertiary/aromatic N) is 3. The van der Waals surface area contributed by atoms with Crippen molar-refractivity contribution in [3.63, 3.8) is 0 Å². The second kappa shape index (κ2) is 5.40. The van der Waals surface area contributed by atoms with Crippen molar-refractivity contribution >= 4 is 33.3 Å². The fourth-order valence-corrected chi connectivity index (χ4v) is 3.76. The van der Waals surface area contributed by atoms with Crippen molar-refractivity contribution in [3.05, 3.63) is 10.9 Å². The third kappa shape index (κ3) is 2.68. The number of rotatable bonds is 3. The van der Waals surface area contributed by atoms with Crippen LogP contribution in [-0.2, 0) is 4.74 Å². The summed E-state index contributed by atoms with van der Waals surface area (Å²) in [7, 11) is 1.78. The quantitative estimate of drug-likeness (QED) is 0.669. The van der Waals surface area contributed by atoms with Gasteiger partial charge in [0.15, 0.2) is 0 Å². The first-order valence-electron chi connectivity index (χ1n) is 7.09. The van der Waals surface area contributed by atoms with Crippen molar-refractivity contribution in [3.8, 4) is 0 Å². The highest BCUT2D eigenvalue weighted by atomic mass is 32.1. The maximum Gasteiger partial charge on any atom is 0.240 e. The topological polar surface area (TPSA) is 76.3 Å². The highest BCUT2D eigenvalue weighted by Crippen LogP contribution is 2.34. The number of hydrogen-bond acceptors (Lipinski definition) is 7. The van der Waals surface area contributed by atoms with Gasteiger partial charge >= 0.3 is 0 Å². The Kier molecular flexibility index (Phi) is 3.73. The normalized spacial score (nSPS) is 22.8.